The van der Waals surface area contributed by atoms with Crippen LogP contribution in [0.5, 0.6) is 0 Å². The predicted octanol–water partition coefficient (Wildman–Crippen LogP) is 2.28. The molecular formula is C19H20N4O3S. The number of H-pyrrole nitrogens is 1. The maximum Gasteiger partial charge on any atom is 0.243 e. The first-order valence-corrected chi connectivity index (χ1v) is 10.2. The lowest BCUT2D eigenvalue weighted by molar-refractivity contribution is 0.101. The highest BCUT2D eigenvalue weighted by Crippen LogP contribution is 2.22. The predicted molar refractivity (Wildman–Crippen MR) is 104 cm³/mol. The van der Waals surface area contributed by atoms with E-state index in [0.29, 0.717) is 31.7 Å². The number of carbonyl (C=O) groups excluding carboxylic acids is 1. The fraction of sp³-hybridized carbons (Fsp3) is 0.263. The topological polar surface area (TPSA) is 86.4 Å². The van der Waals surface area contributed by atoms with Crippen molar-refractivity contribution in [1.82, 2.24) is 14.3 Å². The fourth-order valence-corrected chi connectivity index (χ4v) is 4.72. The van der Waals surface area contributed by atoms with Crippen LogP contribution in [0.2, 0.25) is 0 Å². The first-order chi connectivity index (χ1) is 12.9. The lowest BCUT2D eigenvalue weighted by Gasteiger charge is -2.33. The zero-order chi connectivity index (χ0) is 19.0. The molecule has 0 bridgehead atoms. The van der Waals surface area contributed by atoms with Crippen LogP contribution in [0.15, 0.2) is 53.4 Å². The quantitative estimate of drug-likeness (QED) is 0.698. The number of carbonyl (C=O) groups is 1. The zero-order valence-corrected chi connectivity index (χ0v) is 15.7. The molecule has 1 aliphatic rings. The van der Waals surface area contributed by atoms with Gasteiger partial charge in [0.25, 0.3) is 0 Å². The van der Waals surface area contributed by atoms with E-state index in [-0.39, 0.29) is 10.7 Å². The van der Waals surface area contributed by atoms with Gasteiger partial charge in [-0.2, -0.15) is 4.31 Å². The molecule has 0 spiro atoms. The number of sulfonamides is 1. The van der Waals surface area contributed by atoms with Crippen molar-refractivity contribution in [3.63, 3.8) is 0 Å². The van der Waals surface area contributed by atoms with Crippen molar-refractivity contribution in [2.45, 2.75) is 11.8 Å². The van der Waals surface area contributed by atoms with E-state index in [1.807, 2.05) is 24.3 Å². The molecule has 2 aromatic carbocycles. The van der Waals surface area contributed by atoms with E-state index in [0.717, 1.165) is 17.0 Å². The van der Waals surface area contributed by atoms with Crippen molar-refractivity contribution in [3.05, 3.63) is 54.1 Å². The van der Waals surface area contributed by atoms with Gasteiger partial charge in [-0.05, 0) is 31.2 Å². The van der Waals surface area contributed by atoms with Crippen molar-refractivity contribution in [2.75, 3.05) is 31.1 Å². The molecule has 0 amide bonds. The van der Waals surface area contributed by atoms with Gasteiger partial charge in [0.05, 0.1) is 15.9 Å². The summed E-state index contributed by atoms with van der Waals surface area (Å²) in [6, 6.07) is 14.0. The van der Waals surface area contributed by atoms with Crippen LogP contribution >= 0.6 is 0 Å². The monoisotopic (exact) mass is 384 g/mol. The molecule has 8 heteroatoms. The second kappa shape index (κ2) is 6.79. The molecule has 3 aromatic rings. The molecule has 140 valence electrons. The molecule has 27 heavy (non-hydrogen) atoms. The highest BCUT2D eigenvalue weighted by atomic mass is 32.2. The molecule has 0 atom stereocenters. The fourth-order valence-electron chi connectivity index (χ4n) is 3.25. The number of imidazole rings is 1. The van der Waals surface area contributed by atoms with Crippen molar-refractivity contribution in [3.8, 4) is 0 Å². The number of piperazine rings is 1. The standard InChI is InChI=1S/C19H20N4O3S/c1-14(24)15-5-4-6-16(13-15)27(25,26)23-11-9-22(10-12-23)19-20-17-7-2-3-8-18(17)21-19/h2-8,13H,9-12H2,1H3,(H,20,21). The Morgan fingerprint density at radius 3 is 2.48 bits per heavy atom. The van der Waals surface area contributed by atoms with Crippen molar-refractivity contribution in [2.24, 2.45) is 0 Å². The van der Waals surface area contributed by atoms with Crippen LogP contribution in [0.3, 0.4) is 0 Å². The van der Waals surface area contributed by atoms with Gasteiger partial charge in [-0.25, -0.2) is 13.4 Å². The number of aromatic amines is 1. The number of nitrogens with one attached hydrogen (secondary N) is 1. The average molecular weight is 384 g/mol. The minimum Gasteiger partial charge on any atom is -0.340 e. The summed E-state index contributed by atoms with van der Waals surface area (Å²) in [5.41, 5.74) is 2.25. The summed E-state index contributed by atoms with van der Waals surface area (Å²) in [6.07, 6.45) is 0. The van der Waals surface area contributed by atoms with Gasteiger partial charge >= 0.3 is 0 Å². The summed E-state index contributed by atoms with van der Waals surface area (Å²) >= 11 is 0. The van der Waals surface area contributed by atoms with Crippen LogP contribution in [-0.4, -0.2) is 54.7 Å². The average Bonchev–Trinajstić information content (AvgIpc) is 3.12. The van der Waals surface area contributed by atoms with Crippen LogP contribution < -0.4 is 4.90 Å². The van der Waals surface area contributed by atoms with Crippen LogP contribution in [0, 0.1) is 0 Å². The van der Waals surface area contributed by atoms with Crippen molar-refractivity contribution >= 4 is 32.8 Å². The van der Waals surface area contributed by atoms with E-state index in [4.69, 9.17) is 0 Å². The van der Waals surface area contributed by atoms with E-state index >= 15 is 0 Å². The molecule has 7 nitrogen and oxygen atoms in total. The van der Waals surface area contributed by atoms with Crippen LogP contribution in [0.4, 0.5) is 5.95 Å². The summed E-state index contributed by atoms with van der Waals surface area (Å²) in [4.78, 5) is 21.6. The van der Waals surface area contributed by atoms with Crippen LogP contribution in [-0.2, 0) is 10.0 Å². The molecule has 0 radical (unpaired) electrons. The molecule has 1 fully saturated rings. The Labute approximate surface area is 157 Å². The highest BCUT2D eigenvalue weighted by Gasteiger charge is 2.29. The highest BCUT2D eigenvalue weighted by molar-refractivity contribution is 7.89. The van der Waals surface area contributed by atoms with Gasteiger partial charge in [0.2, 0.25) is 16.0 Å². The van der Waals surface area contributed by atoms with Crippen molar-refractivity contribution < 1.29 is 13.2 Å². The lowest BCUT2D eigenvalue weighted by Crippen LogP contribution is -2.49. The molecule has 1 saturated heterocycles. The Kier molecular flexibility index (Phi) is 4.45. The molecule has 4 rings (SSSR count). The van der Waals surface area contributed by atoms with Gasteiger partial charge in [-0.3, -0.25) is 4.79 Å². The maximum absolute atomic E-state index is 12.9. The first-order valence-electron chi connectivity index (χ1n) is 8.76. The summed E-state index contributed by atoms with van der Waals surface area (Å²) in [5, 5.41) is 0. The van der Waals surface area contributed by atoms with Crippen LogP contribution in [0.1, 0.15) is 17.3 Å². The van der Waals surface area contributed by atoms with E-state index in [2.05, 4.69) is 14.9 Å². The van der Waals surface area contributed by atoms with E-state index in [1.54, 1.807) is 12.1 Å². The normalized spacial score (nSPS) is 16.0. The number of Topliss-reactive ketones (excluding diaryl/α,β-unsaturated/α-hetero) is 1. The minimum absolute atomic E-state index is 0.151. The van der Waals surface area contributed by atoms with E-state index < -0.39 is 10.0 Å². The summed E-state index contributed by atoms with van der Waals surface area (Å²) < 4.78 is 27.3. The first kappa shape index (κ1) is 17.7. The molecular weight excluding hydrogens is 364 g/mol. The molecule has 1 N–H and O–H groups in total. The lowest BCUT2D eigenvalue weighted by atomic mass is 10.2. The number of aromatic nitrogens is 2. The Morgan fingerprint density at radius 1 is 1.04 bits per heavy atom. The number of benzene rings is 2. The van der Waals surface area contributed by atoms with Gasteiger partial charge in [0, 0.05) is 31.7 Å². The largest absolute Gasteiger partial charge is 0.340 e. The summed E-state index contributed by atoms with van der Waals surface area (Å²) in [6.45, 7) is 3.25. The summed E-state index contributed by atoms with van der Waals surface area (Å²) in [7, 11) is -3.62. The molecule has 1 aliphatic heterocycles. The number of fused-ring (bicyclic) bond motifs is 1. The third kappa shape index (κ3) is 3.33. The number of rotatable bonds is 4. The zero-order valence-electron chi connectivity index (χ0n) is 14.9. The van der Waals surface area contributed by atoms with Crippen LogP contribution in [0.25, 0.3) is 11.0 Å². The number of para-hydroxylation sites is 2. The SMILES string of the molecule is CC(=O)c1cccc(S(=O)(=O)N2CCN(c3nc4ccccc4[nH]3)CC2)c1. The number of hydrogen-bond acceptors (Lipinski definition) is 5. The molecule has 1 aromatic heterocycles. The van der Waals surface area contributed by atoms with Gasteiger partial charge < -0.3 is 9.88 Å². The second-order valence-corrected chi connectivity index (χ2v) is 8.49. The van der Waals surface area contributed by atoms with Gasteiger partial charge in [-0.15, -0.1) is 0 Å². The molecule has 0 unspecified atom stereocenters. The van der Waals surface area contributed by atoms with Crippen molar-refractivity contribution in [1.29, 1.82) is 0 Å². The number of ketones is 1. The number of nitrogens with zero attached hydrogens (tertiary/aromatic N) is 3. The van der Waals surface area contributed by atoms with Gasteiger partial charge in [0.1, 0.15) is 0 Å². The Morgan fingerprint density at radius 2 is 1.78 bits per heavy atom. The molecule has 0 saturated carbocycles. The van der Waals surface area contributed by atoms with E-state index in [9.17, 15) is 13.2 Å². The van der Waals surface area contributed by atoms with E-state index in [1.165, 1.54) is 23.4 Å². The van der Waals surface area contributed by atoms with Gasteiger partial charge in [0.15, 0.2) is 5.78 Å². The smallest absolute Gasteiger partial charge is 0.243 e. The third-order valence-corrected chi connectivity index (χ3v) is 6.69. The number of anilines is 1. The molecule has 0 aliphatic carbocycles. The Hall–Kier alpha value is -2.71. The number of hydrogen-bond donors (Lipinski definition) is 1. The third-order valence-electron chi connectivity index (χ3n) is 4.79. The molecule has 2 heterocycles. The maximum atomic E-state index is 12.9. The Balaban J connectivity index is 1.51. The second-order valence-electron chi connectivity index (χ2n) is 6.55. The van der Waals surface area contributed by atoms with Gasteiger partial charge in [-0.1, -0.05) is 24.3 Å². The minimum atomic E-state index is -3.62. The Bertz CT molecular complexity index is 1070. The summed E-state index contributed by atoms with van der Waals surface area (Å²) in [5.74, 6) is 0.605.